The molecule has 3 atom stereocenters. The van der Waals surface area contributed by atoms with Crippen LogP contribution in [0.15, 0.2) is 24.3 Å². The van der Waals surface area contributed by atoms with E-state index in [1.54, 1.807) is 0 Å². The molecule has 0 aromatic rings. The van der Waals surface area contributed by atoms with Crippen LogP contribution < -0.4 is 0 Å². The zero-order valence-electron chi connectivity index (χ0n) is 30.1. The first-order valence-electron chi connectivity index (χ1n) is 18.8. The number of ether oxygens (including phenoxy) is 2. The van der Waals surface area contributed by atoms with Gasteiger partial charge in [-0.05, 0) is 64.2 Å². The molecule has 4 N–H and O–H groups in total. The summed E-state index contributed by atoms with van der Waals surface area (Å²) in [6, 6.07) is 0. The molecule has 10 nitrogen and oxygen atoms in total. The predicted octanol–water partition coefficient (Wildman–Crippen LogP) is 8.79. The van der Waals surface area contributed by atoms with Crippen molar-refractivity contribution in [3.05, 3.63) is 24.3 Å². The van der Waals surface area contributed by atoms with E-state index in [2.05, 4.69) is 36.6 Å². The molecule has 0 aliphatic heterocycles. The summed E-state index contributed by atoms with van der Waals surface area (Å²) >= 11 is 0. The maximum Gasteiger partial charge on any atom is 0.469 e. The van der Waals surface area contributed by atoms with Crippen molar-refractivity contribution >= 4 is 19.8 Å². The van der Waals surface area contributed by atoms with Crippen LogP contribution in [-0.2, 0) is 28.2 Å². The van der Waals surface area contributed by atoms with Crippen LogP contribution in [0, 0.1) is 0 Å². The van der Waals surface area contributed by atoms with Crippen molar-refractivity contribution in [2.45, 2.75) is 186 Å². The maximum absolute atomic E-state index is 12.3. The molecular weight excluding hydrogens is 635 g/mol. The van der Waals surface area contributed by atoms with E-state index in [0.717, 1.165) is 77.0 Å². The Kier molecular flexibility index (Phi) is 31.6. The molecule has 0 aliphatic carbocycles. The number of esters is 2. The van der Waals surface area contributed by atoms with Crippen LogP contribution in [0.3, 0.4) is 0 Å². The maximum atomic E-state index is 12.3. The fraction of sp³-hybridized carbons (Fsp3) is 0.838. The molecule has 0 saturated heterocycles. The van der Waals surface area contributed by atoms with Gasteiger partial charge < -0.3 is 29.5 Å². The van der Waals surface area contributed by atoms with Crippen LogP contribution in [0.4, 0.5) is 0 Å². The van der Waals surface area contributed by atoms with Gasteiger partial charge in [0.1, 0.15) is 6.61 Å². The number of carbonyl (C=O) groups is 2. The van der Waals surface area contributed by atoms with Crippen molar-refractivity contribution in [2.75, 3.05) is 13.2 Å². The van der Waals surface area contributed by atoms with Gasteiger partial charge in [-0.25, -0.2) is 4.57 Å². The fourth-order valence-electron chi connectivity index (χ4n) is 5.15. The number of hydrogen-bond acceptors (Lipinski definition) is 8. The standard InChI is InChI=1S/C37H69O10P/c1-3-5-7-9-11-12-13-14-15-16-17-21-26-30-37(41)47-33(32-46-48(42,43)44)31-45-36(40)29-25-22-18-20-24-28-35(39)34(38)27-23-19-10-8-6-4-2/h12-13,19,23,33-35,38-39H,3-11,14-18,20-22,24-32H2,1-2H3,(H2,42,43,44)/b13-12-,23-19-/t33-,34-,35-/m1/s1. The molecule has 0 amide bonds. The minimum atomic E-state index is -4.78. The van der Waals surface area contributed by atoms with Crippen molar-refractivity contribution < 1.29 is 48.2 Å². The highest BCUT2D eigenvalue weighted by molar-refractivity contribution is 7.46. The molecule has 0 aromatic heterocycles. The normalized spacial score (nSPS) is 14.0. The highest BCUT2D eigenvalue weighted by Gasteiger charge is 2.23. The summed E-state index contributed by atoms with van der Waals surface area (Å²) in [7, 11) is -4.78. The van der Waals surface area contributed by atoms with Crippen LogP contribution >= 0.6 is 7.82 Å². The summed E-state index contributed by atoms with van der Waals surface area (Å²) in [6.07, 6.45) is 27.8. The van der Waals surface area contributed by atoms with Gasteiger partial charge in [0.15, 0.2) is 6.10 Å². The molecule has 0 unspecified atom stereocenters. The quantitative estimate of drug-likeness (QED) is 0.0221. The number of phosphoric ester groups is 1. The van der Waals surface area contributed by atoms with Gasteiger partial charge in [0.25, 0.3) is 0 Å². The van der Waals surface area contributed by atoms with Crippen LogP contribution in [0.25, 0.3) is 0 Å². The number of carbonyl (C=O) groups excluding carboxylic acids is 2. The van der Waals surface area contributed by atoms with Crippen molar-refractivity contribution in [3.8, 4) is 0 Å². The second kappa shape index (κ2) is 32.6. The molecule has 0 aliphatic rings. The van der Waals surface area contributed by atoms with Crippen molar-refractivity contribution in [1.82, 2.24) is 0 Å². The summed E-state index contributed by atoms with van der Waals surface area (Å²) in [5.41, 5.74) is 0. The zero-order valence-corrected chi connectivity index (χ0v) is 31.0. The molecule has 0 spiro atoms. The van der Waals surface area contributed by atoms with Gasteiger partial charge in [-0.3, -0.25) is 14.1 Å². The van der Waals surface area contributed by atoms with E-state index in [1.807, 2.05) is 6.08 Å². The lowest BCUT2D eigenvalue weighted by molar-refractivity contribution is -0.161. The molecule has 0 rings (SSSR count). The molecule has 0 aromatic carbocycles. The number of aliphatic hydroxyl groups excluding tert-OH is 2. The van der Waals surface area contributed by atoms with Gasteiger partial charge in [-0.2, -0.15) is 0 Å². The van der Waals surface area contributed by atoms with Crippen molar-refractivity contribution in [1.29, 1.82) is 0 Å². The second-order valence-corrected chi connectivity index (χ2v) is 14.1. The highest BCUT2D eigenvalue weighted by Crippen LogP contribution is 2.36. The van der Waals surface area contributed by atoms with Crippen molar-refractivity contribution in [3.63, 3.8) is 0 Å². The SMILES string of the molecule is CCCCC/C=C\C[C@@H](O)[C@H](O)CCCCCCCC(=O)OC[C@H](COP(=O)(O)O)OC(=O)CCCCCCC/C=C\CCCCCC. The van der Waals surface area contributed by atoms with Crippen LogP contribution in [0.1, 0.15) is 168 Å². The van der Waals surface area contributed by atoms with Gasteiger partial charge in [0.05, 0.1) is 18.8 Å². The van der Waals surface area contributed by atoms with E-state index in [1.165, 1.54) is 38.5 Å². The smallest absolute Gasteiger partial charge is 0.462 e. The van der Waals surface area contributed by atoms with E-state index < -0.39 is 44.7 Å². The average molecular weight is 705 g/mol. The van der Waals surface area contributed by atoms with Gasteiger partial charge in [0, 0.05) is 12.8 Å². The van der Waals surface area contributed by atoms with Crippen LogP contribution in [-0.4, -0.2) is 63.5 Å². The van der Waals surface area contributed by atoms with Gasteiger partial charge in [-0.15, -0.1) is 0 Å². The lowest BCUT2D eigenvalue weighted by atomic mass is 10.0. The molecule has 0 fully saturated rings. The Labute approximate surface area is 291 Å². The summed E-state index contributed by atoms with van der Waals surface area (Å²) in [4.78, 5) is 42.7. The molecule has 48 heavy (non-hydrogen) atoms. The number of phosphoric acid groups is 1. The number of unbranched alkanes of at least 4 members (excludes halogenated alkanes) is 16. The van der Waals surface area contributed by atoms with Crippen LogP contribution in [0.5, 0.6) is 0 Å². The average Bonchev–Trinajstić information content (AvgIpc) is 3.05. The van der Waals surface area contributed by atoms with E-state index in [-0.39, 0.29) is 19.4 Å². The molecule has 11 heteroatoms. The second-order valence-electron chi connectivity index (χ2n) is 12.9. The van der Waals surface area contributed by atoms with E-state index in [9.17, 15) is 24.4 Å². The van der Waals surface area contributed by atoms with Crippen molar-refractivity contribution in [2.24, 2.45) is 0 Å². The molecule has 0 bridgehead atoms. The lowest BCUT2D eigenvalue weighted by Crippen LogP contribution is -2.29. The molecular formula is C37H69O10P. The zero-order chi connectivity index (χ0) is 35.7. The minimum absolute atomic E-state index is 0.167. The van der Waals surface area contributed by atoms with E-state index in [4.69, 9.17) is 19.3 Å². The number of aliphatic hydroxyl groups is 2. The molecule has 0 radical (unpaired) electrons. The predicted molar refractivity (Wildman–Crippen MR) is 191 cm³/mol. The Morgan fingerprint density at radius 1 is 0.604 bits per heavy atom. The number of hydrogen-bond donors (Lipinski definition) is 4. The Balaban J connectivity index is 4.11. The largest absolute Gasteiger partial charge is 0.469 e. The summed E-state index contributed by atoms with van der Waals surface area (Å²) in [6.45, 7) is 3.46. The van der Waals surface area contributed by atoms with Crippen LogP contribution in [0.2, 0.25) is 0 Å². The summed E-state index contributed by atoms with van der Waals surface area (Å²) < 4.78 is 26.2. The van der Waals surface area contributed by atoms with Gasteiger partial charge >= 0.3 is 19.8 Å². The van der Waals surface area contributed by atoms with Gasteiger partial charge in [-0.1, -0.05) is 115 Å². The first kappa shape index (κ1) is 46.5. The lowest BCUT2D eigenvalue weighted by Gasteiger charge is -2.18. The van der Waals surface area contributed by atoms with Gasteiger partial charge in [0.2, 0.25) is 0 Å². The Hall–Kier alpha value is -1.55. The Morgan fingerprint density at radius 3 is 1.69 bits per heavy atom. The highest BCUT2D eigenvalue weighted by atomic mass is 31.2. The summed E-state index contributed by atoms with van der Waals surface area (Å²) in [5.74, 6) is -1.01. The number of rotatable bonds is 34. The third-order valence-corrected chi connectivity index (χ3v) is 8.63. The topological polar surface area (TPSA) is 160 Å². The third kappa shape index (κ3) is 33.0. The first-order valence-corrected chi connectivity index (χ1v) is 20.3. The minimum Gasteiger partial charge on any atom is -0.462 e. The third-order valence-electron chi connectivity index (χ3n) is 8.14. The first-order chi connectivity index (χ1) is 23.1. The fourth-order valence-corrected chi connectivity index (χ4v) is 5.51. The molecule has 0 saturated carbocycles. The van der Waals surface area contributed by atoms with E-state index in [0.29, 0.717) is 25.7 Å². The molecule has 0 heterocycles. The monoisotopic (exact) mass is 704 g/mol. The van der Waals surface area contributed by atoms with E-state index >= 15 is 0 Å². The molecule has 282 valence electrons. The number of allylic oxidation sites excluding steroid dienone is 3. The Bertz CT molecular complexity index is 872. The Morgan fingerprint density at radius 2 is 1.08 bits per heavy atom. The summed E-state index contributed by atoms with van der Waals surface area (Å²) in [5, 5.41) is 20.3.